The number of alkyl halides is 2. The van der Waals surface area contributed by atoms with Crippen molar-refractivity contribution in [2.75, 3.05) is 13.1 Å². The number of hydrogen-bond donors (Lipinski definition) is 3. The van der Waals surface area contributed by atoms with Gasteiger partial charge in [-0.2, -0.15) is 0 Å². The molecular weight excluding hydrogens is 433 g/mol. The maximum atomic E-state index is 14.8. The lowest BCUT2D eigenvalue weighted by atomic mass is 9.81. The average molecular weight is 461 g/mol. The van der Waals surface area contributed by atoms with E-state index in [1.165, 1.54) is 23.2 Å². The van der Waals surface area contributed by atoms with Gasteiger partial charge in [0.1, 0.15) is 10.6 Å². The van der Waals surface area contributed by atoms with Gasteiger partial charge < -0.3 is 21.7 Å². The van der Waals surface area contributed by atoms with Crippen molar-refractivity contribution in [1.82, 2.24) is 10.2 Å². The molecule has 1 aromatic carbocycles. The molecule has 1 heterocycles. The molecule has 0 spiro atoms. The van der Waals surface area contributed by atoms with Gasteiger partial charge in [0.2, 0.25) is 0 Å². The first-order valence-electron chi connectivity index (χ1n) is 9.62. The van der Waals surface area contributed by atoms with Crippen LogP contribution in [0.2, 0.25) is 0 Å². The summed E-state index contributed by atoms with van der Waals surface area (Å²) in [6.07, 6.45) is 3.77. The Hall–Kier alpha value is -2.69. The first-order chi connectivity index (χ1) is 14.4. The summed E-state index contributed by atoms with van der Waals surface area (Å²) in [4.78, 5) is 13.3. The number of carbonyl (C=O) groups is 1. The minimum atomic E-state index is -4.61. The van der Waals surface area contributed by atoms with E-state index in [1.807, 2.05) is 0 Å². The van der Waals surface area contributed by atoms with Crippen molar-refractivity contribution < 1.29 is 26.4 Å². The number of urea groups is 1. The predicted molar refractivity (Wildman–Crippen MR) is 111 cm³/mol. The summed E-state index contributed by atoms with van der Waals surface area (Å²) < 4.78 is 67.2. The van der Waals surface area contributed by atoms with E-state index >= 15 is 0 Å². The van der Waals surface area contributed by atoms with Crippen LogP contribution in [0.25, 0.3) is 0 Å². The lowest BCUT2D eigenvalue weighted by molar-refractivity contribution is -0.0472. The molecule has 7 nitrogen and oxygen atoms in total. The van der Waals surface area contributed by atoms with E-state index in [0.717, 1.165) is 31.3 Å². The highest BCUT2D eigenvalue weighted by Gasteiger charge is 2.61. The number of nitrogens with zero attached hydrogens (tertiary/aromatic N) is 1. The third-order valence-corrected chi connectivity index (χ3v) is 8.49. The third kappa shape index (κ3) is 4.81. The van der Waals surface area contributed by atoms with Gasteiger partial charge in [0.05, 0.1) is 10.6 Å². The summed E-state index contributed by atoms with van der Waals surface area (Å²) in [6, 6.07) is 3.55. The van der Waals surface area contributed by atoms with Gasteiger partial charge in [-0.1, -0.05) is 6.07 Å². The zero-order valence-electron chi connectivity index (χ0n) is 17.3. The first-order valence-corrected chi connectivity index (χ1v) is 11.1. The number of likely N-dealkylation sites (tertiary alicyclic amines) is 1. The molecule has 172 valence electrons. The lowest BCUT2D eigenvalue weighted by Crippen LogP contribution is -2.58. The molecule has 0 aromatic heterocycles. The molecule has 11 heteroatoms. The zero-order valence-corrected chi connectivity index (χ0v) is 18.1. The Morgan fingerprint density at radius 1 is 1.23 bits per heavy atom. The predicted octanol–water partition coefficient (Wildman–Crippen LogP) is 2.71. The molecule has 1 unspecified atom stereocenters. The van der Waals surface area contributed by atoms with Gasteiger partial charge in [-0.15, -0.1) is 0 Å². The minimum Gasteiger partial charge on any atom is -0.405 e. The maximum absolute atomic E-state index is 14.8. The van der Waals surface area contributed by atoms with E-state index in [9.17, 15) is 26.4 Å². The number of nitrogens with one attached hydrogen (secondary N) is 1. The van der Waals surface area contributed by atoms with Gasteiger partial charge in [0, 0.05) is 26.2 Å². The highest BCUT2D eigenvalue weighted by molar-refractivity contribution is 7.93. The van der Waals surface area contributed by atoms with Crippen LogP contribution in [0.15, 0.2) is 53.3 Å². The Morgan fingerprint density at radius 2 is 1.84 bits per heavy atom. The fourth-order valence-electron chi connectivity index (χ4n) is 3.77. The summed E-state index contributed by atoms with van der Waals surface area (Å²) in [6.45, 7) is 1.67. The van der Waals surface area contributed by atoms with E-state index < -0.39 is 43.2 Å². The second kappa shape index (κ2) is 9.21. The first kappa shape index (κ1) is 24.6. The molecule has 1 aliphatic rings. The van der Waals surface area contributed by atoms with Gasteiger partial charge in [-0.05, 0) is 56.2 Å². The van der Waals surface area contributed by atoms with E-state index in [-0.39, 0.29) is 31.6 Å². The van der Waals surface area contributed by atoms with Crippen molar-refractivity contribution in [3.8, 4) is 0 Å². The van der Waals surface area contributed by atoms with Crippen molar-refractivity contribution in [2.24, 2.45) is 17.4 Å². The second-order valence-electron chi connectivity index (χ2n) is 7.63. The third-order valence-electron chi connectivity index (χ3n) is 5.80. The molecular formula is C20H27F3N4O3S. The van der Waals surface area contributed by atoms with Crippen LogP contribution in [0, 0.1) is 11.7 Å². The SMILES string of the molecule is CC(F)(F)C(C)(C1CCN(C(=O)NC(/C=C\N)=C/N)CC1)S(=O)(=O)c1cccc(F)c1. The highest BCUT2D eigenvalue weighted by Crippen LogP contribution is 2.47. The van der Waals surface area contributed by atoms with E-state index in [0.29, 0.717) is 6.92 Å². The van der Waals surface area contributed by atoms with Crippen LogP contribution in [0.5, 0.6) is 0 Å². The smallest absolute Gasteiger partial charge is 0.321 e. The van der Waals surface area contributed by atoms with Gasteiger partial charge in [-0.3, -0.25) is 0 Å². The van der Waals surface area contributed by atoms with E-state index in [2.05, 4.69) is 5.32 Å². The topological polar surface area (TPSA) is 119 Å². The lowest BCUT2D eigenvalue weighted by Gasteiger charge is -2.44. The number of halogens is 3. The highest BCUT2D eigenvalue weighted by atomic mass is 32.2. The molecule has 1 fully saturated rings. The van der Waals surface area contributed by atoms with Gasteiger partial charge in [0.25, 0.3) is 5.92 Å². The Balaban J connectivity index is 2.28. The molecule has 2 amide bonds. The van der Waals surface area contributed by atoms with E-state index in [1.54, 1.807) is 0 Å². The summed E-state index contributed by atoms with van der Waals surface area (Å²) in [5.41, 5.74) is 10.9. The quantitative estimate of drug-likeness (QED) is 0.564. The number of sulfone groups is 1. The summed E-state index contributed by atoms with van der Waals surface area (Å²) in [7, 11) is -4.61. The number of amides is 2. The molecule has 1 atom stereocenters. The van der Waals surface area contributed by atoms with Crippen molar-refractivity contribution in [1.29, 1.82) is 0 Å². The summed E-state index contributed by atoms with van der Waals surface area (Å²) in [5, 5.41) is 2.53. The molecule has 1 saturated heterocycles. The van der Waals surface area contributed by atoms with Crippen LogP contribution >= 0.6 is 0 Å². The molecule has 0 radical (unpaired) electrons. The van der Waals surface area contributed by atoms with Crippen molar-refractivity contribution in [3.63, 3.8) is 0 Å². The van der Waals surface area contributed by atoms with Crippen LogP contribution in [0.1, 0.15) is 26.7 Å². The van der Waals surface area contributed by atoms with Crippen molar-refractivity contribution >= 4 is 15.9 Å². The largest absolute Gasteiger partial charge is 0.405 e. The number of nitrogens with two attached hydrogens (primary N) is 2. The van der Waals surface area contributed by atoms with E-state index in [4.69, 9.17) is 11.5 Å². The average Bonchev–Trinajstić information content (AvgIpc) is 2.71. The molecule has 0 bridgehead atoms. The number of rotatable bonds is 6. The van der Waals surface area contributed by atoms with Crippen LogP contribution in [-0.4, -0.2) is 43.1 Å². The maximum Gasteiger partial charge on any atom is 0.321 e. The van der Waals surface area contributed by atoms with Crippen LogP contribution in [0.3, 0.4) is 0 Å². The Labute approximate surface area is 179 Å². The molecule has 31 heavy (non-hydrogen) atoms. The summed E-state index contributed by atoms with van der Waals surface area (Å²) >= 11 is 0. The molecule has 2 rings (SSSR count). The zero-order chi connectivity index (χ0) is 23.4. The van der Waals surface area contributed by atoms with Crippen molar-refractivity contribution in [2.45, 2.75) is 42.3 Å². The van der Waals surface area contributed by atoms with Crippen LogP contribution < -0.4 is 16.8 Å². The minimum absolute atomic E-state index is 0.0241. The fraction of sp³-hybridized carbons (Fsp3) is 0.450. The van der Waals surface area contributed by atoms with Gasteiger partial charge in [0.15, 0.2) is 9.84 Å². The molecule has 1 aliphatic heterocycles. The molecule has 0 saturated carbocycles. The Morgan fingerprint density at radius 3 is 2.32 bits per heavy atom. The van der Waals surface area contributed by atoms with Gasteiger partial charge in [-0.25, -0.2) is 26.4 Å². The molecule has 5 N–H and O–H groups in total. The monoisotopic (exact) mass is 460 g/mol. The number of benzene rings is 1. The van der Waals surface area contributed by atoms with Crippen molar-refractivity contribution in [3.05, 3.63) is 54.3 Å². The van der Waals surface area contributed by atoms with Crippen LogP contribution in [-0.2, 0) is 9.84 Å². The number of carbonyl (C=O) groups excluding carboxylic acids is 1. The molecule has 0 aliphatic carbocycles. The van der Waals surface area contributed by atoms with Gasteiger partial charge >= 0.3 is 6.03 Å². The summed E-state index contributed by atoms with van der Waals surface area (Å²) in [5.74, 6) is -5.41. The standard InChI is InChI=1S/C20H27F3N4O3S/c1-19(20(2,22)23,31(29,30)17-5-3-4-15(21)12-17)14-7-10-27(11-8-14)18(28)26-16(13-25)6-9-24/h3-6,9,12-14H,7-8,10-11,24-25H2,1-2H3,(H,26,28)/b9-6-,16-13+. The Kier molecular flexibility index (Phi) is 7.30. The van der Waals surface area contributed by atoms with Crippen LogP contribution in [0.4, 0.5) is 18.0 Å². The second-order valence-corrected chi connectivity index (χ2v) is 9.96. The number of hydrogen-bond acceptors (Lipinski definition) is 5. The number of allylic oxidation sites excluding steroid dienone is 1. The Bertz CT molecular complexity index is 968. The molecule has 1 aromatic rings. The number of piperidine rings is 1. The fourth-order valence-corrected chi connectivity index (χ4v) is 5.93. The normalized spacial score (nSPS) is 18.7.